The number of hydrogen-bond acceptors (Lipinski definition) is 17. The molecular formula is C12H23NO21S3. The number of carbonyl (C=O) groups is 2. The number of aliphatic carboxylic acids is 1. The highest BCUT2D eigenvalue weighted by Gasteiger charge is 2.53. The summed E-state index contributed by atoms with van der Waals surface area (Å²) in [7, 11) is -15.2. The Morgan fingerprint density at radius 3 is 1.84 bits per heavy atom. The zero-order valence-corrected chi connectivity index (χ0v) is 20.1. The molecule has 1 heterocycles. The van der Waals surface area contributed by atoms with E-state index in [9.17, 15) is 50.2 Å². The first-order chi connectivity index (χ1) is 16.4. The Morgan fingerprint density at radius 1 is 1.00 bits per heavy atom. The summed E-state index contributed by atoms with van der Waals surface area (Å²) in [6, 6.07) is -1.79. The highest BCUT2D eigenvalue weighted by molar-refractivity contribution is 7.87. The zero-order chi connectivity index (χ0) is 29.7. The number of ether oxygens (including phenoxy) is 1. The SMILES string of the molecule is O=C[C@@](O)([C@H](O)[C@@H](O)[C@H](O)C(=O)O)S(=O)(=O)O.O=S(=O)(O)N[C@H]1C(O)O[C@H](COS(=O)(=O)O)[C@@H](O)[C@@H]1O. The van der Waals surface area contributed by atoms with E-state index in [2.05, 4.69) is 8.92 Å². The van der Waals surface area contributed by atoms with Crippen molar-refractivity contribution in [1.82, 2.24) is 4.72 Å². The Kier molecular flexibility index (Phi) is 12.5. The standard InChI is InChI=1S/C6H13NO11S2.C6H10O10S/c8-4-2(1-17-20(14,15)16)18-6(10)3(5(4)9)7-19(11,12)13;7-1-6(13,17(14,15)16)4(10)2(8)3(9)5(11)12/h2-10H,1H2,(H,11,12,13)(H,14,15,16);1-4,8-10,13H,(H,11,12)(H,14,15,16)/t2-,3-,4-,5-,6?;2-,3-,4+,6-/m10/s1. The molecule has 22 nitrogen and oxygen atoms in total. The van der Waals surface area contributed by atoms with Crippen LogP contribution in [0.4, 0.5) is 0 Å². The fourth-order valence-corrected chi connectivity index (χ4v) is 3.85. The molecule has 12 N–H and O–H groups in total. The molecule has 1 saturated heterocycles. The lowest BCUT2D eigenvalue weighted by Gasteiger charge is -2.39. The van der Waals surface area contributed by atoms with E-state index in [1.165, 1.54) is 4.72 Å². The van der Waals surface area contributed by atoms with Crippen molar-refractivity contribution < 1.29 is 98.3 Å². The number of rotatable bonds is 11. The lowest BCUT2D eigenvalue weighted by Crippen LogP contribution is -2.64. The molecule has 0 aromatic heterocycles. The van der Waals surface area contributed by atoms with Gasteiger partial charge in [0.25, 0.3) is 4.93 Å². The quantitative estimate of drug-likeness (QED) is 0.0759. The van der Waals surface area contributed by atoms with E-state index in [0.717, 1.165) is 0 Å². The number of aliphatic hydroxyl groups excluding tert-OH is 6. The smallest absolute Gasteiger partial charge is 0.397 e. The summed E-state index contributed by atoms with van der Waals surface area (Å²) < 4.78 is 98.3. The molecule has 1 aliphatic heterocycles. The molecule has 37 heavy (non-hydrogen) atoms. The van der Waals surface area contributed by atoms with E-state index < -0.39 is 104 Å². The number of nitrogens with one attached hydrogen (secondary N) is 1. The molecule has 0 saturated carbocycles. The highest BCUT2D eigenvalue weighted by Crippen LogP contribution is 2.21. The van der Waals surface area contributed by atoms with Crippen LogP contribution in [0.1, 0.15) is 0 Å². The van der Waals surface area contributed by atoms with E-state index in [1.54, 1.807) is 0 Å². The van der Waals surface area contributed by atoms with Crippen LogP contribution in [0.25, 0.3) is 0 Å². The molecule has 0 spiro atoms. The van der Waals surface area contributed by atoms with Gasteiger partial charge >= 0.3 is 36.8 Å². The monoisotopic (exact) mass is 613 g/mol. The Bertz CT molecular complexity index is 1100. The molecule has 220 valence electrons. The van der Waals surface area contributed by atoms with Crippen molar-refractivity contribution in [1.29, 1.82) is 0 Å². The maximum atomic E-state index is 10.6. The first-order valence-corrected chi connectivity index (χ1v) is 13.1. The van der Waals surface area contributed by atoms with Crippen LogP contribution in [-0.4, -0.2) is 153 Å². The Hall–Kier alpha value is -1.53. The highest BCUT2D eigenvalue weighted by atomic mass is 32.3. The van der Waals surface area contributed by atoms with Gasteiger partial charge in [-0.3, -0.25) is 18.5 Å². The normalized spacial score (nSPS) is 29.1. The molecule has 0 aliphatic carbocycles. The molecule has 1 aliphatic rings. The number of carboxylic acids is 1. The average Bonchev–Trinajstić information content (AvgIpc) is 2.74. The third-order valence-electron chi connectivity index (χ3n) is 4.29. The summed E-state index contributed by atoms with van der Waals surface area (Å²) in [4.78, 5) is 16.7. The molecule has 0 radical (unpaired) electrons. The van der Waals surface area contributed by atoms with Crippen LogP contribution in [0.15, 0.2) is 0 Å². The van der Waals surface area contributed by atoms with Gasteiger partial charge in [-0.15, -0.1) is 0 Å². The van der Waals surface area contributed by atoms with Crippen LogP contribution >= 0.6 is 0 Å². The fourth-order valence-electron chi connectivity index (χ4n) is 2.38. The lowest BCUT2D eigenvalue weighted by molar-refractivity contribution is -0.250. The van der Waals surface area contributed by atoms with Crippen molar-refractivity contribution in [2.75, 3.05) is 6.61 Å². The third kappa shape index (κ3) is 10.3. The first-order valence-electron chi connectivity index (χ1n) is 8.88. The van der Waals surface area contributed by atoms with Gasteiger partial charge < -0.3 is 45.6 Å². The van der Waals surface area contributed by atoms with Crippen LogP contribution < -0.4 is 4.72 Å². The Balaban J connectivity index is 0.000000712. The molecule has 0 aromatic rings. The molecule has 1 unspecified atom stereocenters. The maximum Gasteiger partial charge on any atom is 0.397 e. The predicted molar refractivity (Wildman–Crippen MR) is 107 cm³/mol. The van der Waals surface area contributed by atoms with E-state index in [0.29, 0.717) is 0 Å². The number of carboxylic acid groups (broad SMARTS) is 1. The van der Waals surface area contributed by atoms with Crippen molar-refractivity contribution in [2.24, 2.45) is 0 Å². The third-order valence-corrected chi connectivity index (χ3v) is 6.46. The first kappa shape index (κ1) is 35.5. The summed E-state index contributed by atoms with van der Waals surface area (Å²) in [5.41, 5.74) is 0. The van der Waals surface area contributed by atoms with Gasteiger partial charge in [-0.25, -0.2) is 8.98 Å². The summed E-state index contributed by atoms with van der Waals surface area (Å²) in [5.74, 6) is -2.04. The number of carbonyl (C=O) groups excluding carboxylic acids is 1. The van der Waals surface area contributed by atoms with Gasteiger partial charge in [0.15, 0.2) is 18.7 Å². The minimum Gasteiger partial charge on any atom is -0.479 e. The van der Waals surface area contributed by atoms with Crippen LogP contribution in [0.3, 0.4) is 0 Å². The molecule has 0 amide bonds. The van der Waals surface area contributed by atoms with Crippen LogP contribution in [0, 0.1) is 0 Å². The van der Waals surface area contributed by atoms with Gasteiger partial charge in [-0.2, -0.15) is 30.0 Å². The van der Waals surface area contributed by atoms with Crippen molar-refractivity contribution >= 4 is 43.1 Å². The fraction of sp³-hybridized carbons (Fsp3) is 0.833. The van der Waals surface area contributed by atoms with Crippen molar-refractivity contribution in [3.05, 3.63) is 0 Å². The lowest BCUT2D eigenvalue weighted by atomic mass is 9.98. The van der Waals surface area contributed by atoms with E-state index in [1.807, 2.05) is 0 Å². The minimum atomic E-state index is -5.54. The van der Waals surface area contributed by atoms with Gasteiger partial charge in [-0.1, -0.05) is 0 Å². The second kappa shape index (κ2) is 13.0. The molecule has 0 bridgehead atoms. The predicted octanol–water partition coefficient (Wildman–Crippen LogP) is -8.07. The van der Waals surface area contributed by atoms with E-state index >= 15 is 0 Å². The molecule has 1 fully saturated rings. The summed E-state index contributed by atoms with van der Waals surface area (Å²) >= 11 is 0. The number of hydrogen-bond donors (Lipinski definition) is 12. The summed E-state index contributed by atoms with van der Waals surface area (Å²) in [6.45, 7) is -0.938. The van der Waals surface area contributed by atoms with Gasteiger partial charge in [0.1, 0.15) is 36.6 Å². The molecular weight excluding hydrogens is 590 g/mol. The van der Waals surface area contributed by atoms with Crippen LogP contribution in [0.5, 0.6) is 0 Å². The molecule has 1 rings (SSSR count). The van der Waals surface area contributed by atoms with E-state index in [4.69, 9.17) is 39.2 Å². The van der Waals surface area contributed by atoms with Crippen LogP contribution in [-0.2, 0) is 49.3 Å². The average molecular weight is 614 g/mol. The van der Waals surface area contributed by atoms with Crippen molar-refractivity contribution in [2.45, 2.75) is 53.9 Å². The number of aldehydes is 1. The van der Waals surface area contributed by atoms with Crippen molar-refractivity contribution in [3.8, 4) is 0 Å². The molecule has 25 heteroatoms. The Morgan fingerprint density at radius 2 is 1.49 bits per heavy atom. The molecule has 0 aromatic carbocycles. The second-order valence-electron chi connectivity index (χ2n) is 6.94. The largest absolute Gasteiger partial charge is 0.479 e. The van der Waals surface area contributed by atoms with Gasteiger partial charge in [0, 0.05) is 0 Å². The minimum absolute atomic E-state index is 0.815. The zero-order valence-electron chi connectivity index (χ0n) is 17.6. The summed E-state index contributed by atoms with van der Waals surface area (Å²) in [6.07, 6.45) is -16.5. The van der Waals surface area contributed by atoms with E-state index in [-0.39, 0.29) is 0 Å². The summed E-state index contributed by atoms with van der Waals surface area (Å²) in [5, 5.41) is 72.8. The van der Waals surface area contributed by atoms with Gasteiger partial charge in [-0.05, 0) is 0 Å². The Labute approximate surface area is 206 Å². The van der Waals surface area contributed by atoms with Gasteiger partial charge in [0.05, 0.1) is 6.61 Å². The second-order valence-corrected chi connectivity index (χ2v) is 10.8. The van der Waals surface area contributed by atoms with Crippen LogP contribution in [0.2, 0.25) is 0 Å². The number of aliphatic hydroxyl groups is 7. The van der Waals surface area contributed by atoms with Crippen molar-refractivity contribution in [3.63, 3.8) is 0 Å². The van der Waals surface area contributed by atoms with Gasteiger partial charge in [0.2, 0.25) is 0 Å². The maximum absolute atomic E-state index is 10.6. The molecule has 9 atom stereocenters. The topological polar surface area (TPSA) is 390 Å².